The largest absolute Gasteiger partial charge is 0.349 e. The molecule has 172 valence electrons. The first-order valence-corrected chi connectivity index (χ1v) is 9.75. The van der Waals surface area contributed by atoms with E-state index in [1.54, 1.807) is 4.90 Å². The summed E-state index contributed by atoms with van der Waals surface area (Å²) in [4.78, 5) is 24.0. The number of rotatable bonds is 7. The summed E-state index contributed by atoms with van der Waals surface area (Å²) in [6.45, 7) is 2.15. The van der Waals surface area contributed by atoms with Crippen LogP contribution in [0.4, 0.5) is 29.2 Å². The fourth-order valence-corrected chi connectivity index (χ4v) is 3.06. The van der Waals surface area contributed by atoms with Gasteiger partial charge in [0, 0.05) is 44.5 Å². The number of ether oxygens (including phenoxy) is 1. The molecule has 3 aromatic rings. The molecule has 1 amide bonds. The van der Waals surface area contributed by atoms with E-state index in [0.29, 0.717) is 30.1 Å². The molecule has 4 heterocycles. The zero-order valence-corrected chi connectivity index (χ0v) is 17.5. The van der Waals surface area contributed by atoms with Gasteiger partial charge in [-0.1, -0.05) is 13.8 Å². The molecule has 1 N–H and O–H groups in total. The number of fused-ring (bicyclic) bond motifs is 1. The van der Waals surface area contributed by atoms with Crippen molar-refractivity contribution < 1.29 is 27.1 Å². The minimum absolute atomic E-state index is 0.0712. The van der Waals surface area contributed by atoms with Gasteiger partial charge in [0.2, 0.25) is 12.2 Å². The number of nitrogens with zero attached hydrogens (tertiary/aromatic N) is 6. The van der Waals surface area contributed by atoms with Gasteiger partial charge in [-0.15, -0.1) is 5.10 Å². The number of halogens is 4. The van der Waals surface area contributed by atoms with Gasteiger partial charge < -0.3 is 15.0 Å². The predicted octanol–water partition coefficient (Wildman–Crippen LogP) is 3.34. The molecule has 13 heteroatoms. The molecule has 1 saturated heterocycles. The fourth-order valence-electron chi connectivity index (χ4n) is 3.06. The van der Waals surface area contributed by atoms with Crippen LogP contribution in [0, 0.1) is 0 Å². The number of anilines is 2. The van der Waals surface area contributed by atoms with E-state index in [4.69, 9.17) is 0 Å². The molecular weight excluding hydrogens is 434 g/mol. The van der Waals surface area contributed by atoms with E-state index >= 15 is 0 Å². The molecule has 0 aromatic carbocycles. The van der Waals surface area contributed by atoms with Gasteiger partial charge in [-0.2, -0.15) is 17.6 Å². The zero-order chi connectivity index (χ0) is 23.5. The highest BCUT2D eigenvalue weighted by Crippen LogP contribution is 2.33. The lowest BCUT2D eigenvalue weighted by atomic mass is 10.1. The van der Waals surface area contributed by atoms with Gasteiger partial charge in [-0.05, 0) is 0 Å². The summed E-state index contributed by atoms with van der Waals surface area (Å²) in [7, 11) is 0. The molecule has 0 bridgehead atoms. The van der Waals surface area contributed by atoms with E-state index in [9.17, 15) is 22.4 Å². The van der Waals surface area contributed by atoms with Crippen LogP contribution in [0.3, 0.4) is 0 Å². The fraction of sp³-hybridized carbons (Fsp3) is 0.421. The summed E-state index contributed by atoms with van der Waals surface area (Å²) in [6.07, 6.45) is 2.42. The summed E-state index contributed by atoms with van der Waals surface area (Å²) in [6, 6.07) is 2.90. The molecule has 3 aromatic heterocycles. The highest BCUT2D eigenvalue weighted by Gasteiger charge is 2.34. The Morgan fingerprint density at radius 2 is 2.00 bits per heavy atom. The lowest BCUT2D eigenvalue weighted by Crippen LogP contribution is -2.53. The van der Waals surface area contributed by atoms with Gasteiger partial charge in [0.25, 0.3) is 0 Å². The van der Waals surface area contributed by atoms with Crippen LogP contribution in [0.1, 0.15) is 26.6 Å². The van der Waals surface area contributed by atoms with Gasteiger partial charge in [0.15, 0.2) is 11.6 Å². The molecule has 1 fully saturated rings. The Morgan fingerprint density at radius 3 is 2.62 bits per heavy atom. The van der Waals surface area contributed by atoms with Gasteiger partial charge >= 0.3 is 12.5 Å². The van der Waals surface area contributed by atoms with Gasteiger partial charge in [0.1, 0.15) is 5.82 Å². The van der Waals surface area contributed by atoms with E-state index in [0.717, 1.165) is 0 Å². The predicted molar refractivity (Wildman–Crippen MR) is 108 cm³/mol. The average molecular weight is 455 g/mol. The second-order valence-corrected chi connectivity index (χ2v) is 6.63. The molecular formula is C19H21F4N7O2. The number of aromatic nitrogens is 5. The number of hydrogen-bond donors (Lipinski definition) is 1. The molecule has 0 aliphatic carbocycles. The van der Waals surface area contributed by atoms with Crippen LogP contribution < -0.4 is 10.2 Å². The number of hydrogen-bond acceptors (Lipinski definition) is 7. The van der Waals surface area contributed by atoms with Crippen LogP contribution in [-0.4, -0.2) is 56.9 Å². The molecule has 4 rings (SSSR count). The van der Waals surface area contributed by atoms with Crippen LogP contribution >= 0.6 is 0 Å². The summed E-state index contributed by atoms with van der Waals surface area (Å²) in [5, 5.41) is 7.35. The Labute approximate surface area is 180 Å². The van der Waals surface area contributed by atoms with Crippen molar-refractivity contribution in [2.75, 3.05) is 23.3 Å². The zero-order valence-electron chi connectivity index (χ0n) is 17.5. The van der Waals surface area contributed by atoms with Crippen LogP contribution in [0.25, 0.3) is 16.7 Å². The monoisotopic (exact) mass is 455 g/mol. The number of nitrogens with one attached hydrogen (secondary N) is 1. The SMILES string of the molecule is CC.CC(F)(F)c1nccc(-n2nc(N3CC(OC(F)F)C3)c3cnc(NC=O)cc32)n1. The molecule has 0 spiro atoms. The molecule has 0 atom stereocenters. The first-order valence-electron chi connectivity index (χ1n) is 9.75. The first kappa shape index (κ1) is 23.3. The van der Waals surface area contributed by atoms with Crippen molar-refractivity contribution in [2.45, 2.75) is 39.4 Å². The normalized spacial score (nSPS) is 14.2. The topological polar surface area (TPSA) is 98.1 Å². The molecule has 9 nitrogen and oxygen atoms in total. The third kappa shape index (κ3) is 4.77. The maximum Gasteiger partial charge on any atom is 0.345 e. The second kappa shape index (κ2) is 9.42. The van der Waals surface area contributed by atoms with E-state index in [1.807, 2.05) is 13.8 Å². The summed E-state index contributed by atoms with van der Waals surface area (Å²) in [5.74, 6) is -3.26. The third-order valence-corrected chi connectivity index (χ3v) is 4.45. The Balaban J connectivity index is 0.00000141. The maximum absolute atomic E-state index is 13.7. The van der Waals surface area contributed by atoms with Crippen molar-refractivity contribution in [3.05, 3.63) is 30.4 Å². The van der Waals surface area contributed by atoms with Crippen molar-refractivity contribution in [2.24, 2.45) is 0 Å². The van der Waals surface area contributed by atoms with Gasteiger partial charge in [0.05, 0.1) is 17.0 Å². The molecule has 0 radical (unpaired) electrons. The van der Waals surface area contributed by atoms with Crippen LogP contribution in [-0.2, 0) is 15.5 Å². The highest BCUT2D eigenvalue weighted by atomic mass is 19.3. The average Bonchev–Trinajstić information content (AvgIpc) is 3.10. The minimum atomic E-state index is -3.26. The Kier molecular flexibility index (Phi) is 6.87. The van der Waals surface area contributed by atoms with Gasteiger partial charge in [-0.25, -0.2) is 19.6 Å². The number of pyridine rings is 1. The van der Waals surface area contributed by atoms with E-state index in [-0.39, 0.29) is 24.7 Å². The Morgan fingerprint density at radius 1 is 1.28 bits per heavy atom. The Hall–Kier alpha value is -3.35. The number of alkyl halides is 4. The first-order chi connectivity index (χ1) is 15.3. The van der Waals surface area contributed by atoms with Gasteiger partial charge in [-0.3, -0.25) is 4.79 Å². The second-order valence-electron chi connectivity index (χ2n) is 6.63. The van der Waals surface area contributed by atoms with Crippen molar-refractivity contribution in [3.8, 4) is 5.82 Å². The van der Waals surface area contributed by atoms with Crippen molar-refractivity contribution in [1.82, 2.24) is 24.7 Å². The number of carbonyl (C=O) groups is 1. The van der Waals surface area contributed by atoms with Crippen LogP contribution in [0.2, 0.25) is 0 Å². The minimum Gasteiger partial charge on any atom is -0.349 e. The Bertz CT molecular complexity index is 1080. The molecule has 32 heavy (non-hydrogen) atoms. The number of carbonyl (C=O) groups excluding carboxylic acids is 1. The van der Waals surface area contributed by atoms with E-state index < -0.39 is 24.5 Å². The number of amides is 1. The lowest BCUT2D eigenvalue weighted by Gasteiger charge is -2.38. The quantitative estimate of drug-likeness (QED) is 0.431. The summed E-state index contributed by atoms with van der Waals surface area (Å²) >= 11 is 0. The molecule has 1 aliphatic heterocycles. The lowest BCUT2D eigenvalue weighted by molar-refractivity contribution is -0.167. The van der Waals surface area contributed by atoms with Crippen LogP contribution in [0.5, 0.6) is 0 Å². The smallest absolute Gasteiger partial charge is 0.345 e. The van der Waals surface area contributed by atoms with Crippen molar-refractivity contribution in [1.29, 1.82) is 0 Å². The maximum atomic E-state index is 13.7. The molecule has 0 unspecified atom stereocenters. The standard InChI is InChI=1S/C17H15F4N7O2.C2H6/c1-17(20,21)15-22-3-2-13(25-15)28-11-4-12(24-8-29)23-5-10(11)14(26-28)27-6-9(7-27)30-16(18)19;1-2/h2-5,8-9,16H,6-7H2,1H3,(H,23,24,29);1-2H3. The highest BCUT2D eigenvalue weighted by molar-refractivity contribution is 5.93. The van der Waals surface area contributed by atoms with Crippen molar-refractivity contribution >= 4 is 28.9 Å². The van der Waals surface area contributed by atoms with E-state index in [1.165, 1.54) is 29.2 Å². The molecule has 1 aliphatic rings. The van der Waals surface area contributed by atoms with Crippen LogP contribution in [0.15, 0.2) is 24.5 Å². The molecule has 0 saturated carbocycles. The summed E-state index contributed by atoms with van der Waals surface area (Å²) < 4.78 is 57.9. The van der Waals surface area contributed by atoms with E-state index in [2.05, 4.69) is 30.1 Å². The third-order valence-electron chi connectivity index (χ3n) is 4.45. The van der Waals surface area contributed by atoms with Crippen molar-refractivity contribution in [3.63, 3.8) is 0 Å². The summed E-state index contributed by atoms with van der Waals surface area (Å²) in [5.41, 5.74) is 0.423.